The standard InChI is InChI=1S/C46H30N4/c1-5-13-31(14-6-1)32-21-23-37(24-22-32)46-49-42(35-19-11-4-12-20-35)30-43(50-46)40-28-26-36-25-27-38-39(33-15-7-2-8-16-33)29-41(34-17-9-3-10-18-34)48-45(38)44(36)47-40/h1-30H. The molecule has 4 heteroatoms. The molecule has 3 aromatic heterocycles. The van der Waals surface area contributed by atoms with Crippen LogP contribution in [0.5, 0.6) is 0 Å². The zero-order valence-electron chi connectivity index (χ0n) is 27.1. The molecule has 0 amide bonds. The predicted octanol–water partition coefficient (Wildman–Crippen LogP) is 11.6. The summed E-state index contributed by atoms with van der Waals surface area (Å²) in [6.45, 7) is 0. The third-order valence-corrected chi connectivity index (χ3v) is 9.10. The molecule has 0 radical (unpaired) electrons. The van der Waals surface area contributed by atoms with Gasteiger partial charge in [-0.3, -0.25) is 0 Å². The van der Waals surface area contributed by atoms with E-state index >= 15 is 0 Å². The van der Waals surface area contributed by atoms with Crippen molar-refractivity contribution in [2.24, 2.45) is 0 Å². The monoisotopic (exact) mass is 638 g/mol. The van der Waals surface area contributed by atoms with Crippen molar-refractivity contribution in [2.45, 2.75) is 0 Å². The first-order valence-corrected chi connectivity index (χ1v) is 16.7. The first-order valence-electron chi connectivity index (χ1n) is 16.7. The largest absolute Gasteiger partial charge is 0.245 e. The number of hydrogen-bond donors (Lipinski definition) is 0. The maximum Gasteiger partial charge on any atom is 0.160 e. The number of fused-ring (bicyclic) bond motifs is 3. The fourth-order valence-corrected chi connectivity index (χ4v) is 6.53. The second kappa shape index (κ2) is 12.7. The number of aromatic nitrogens is 4. The molecule has 234 valence electrons. The summed E-state index contributed by atoms with van der Waals surface area (Å²) in [5.74, 6) is 0.650. The normalized spacial score (nSPS) is 11.2. The summed E-state index contributed by atoms with van der Waals surface area (Å²) in [7, 11) is 0. The zero-order valence-corrected chi connectivity index (χ0v) is 27.1. The molecule has 0 fully saturated rings. The number of pyridine rings is 2. The molecule has 0 N–H and O–H groups in total. The third kappa shape index (κ3) is 5.59. The Balaban J connectivity index is 1.23. The van der Waals surface area contributed by atoms with Crippen molar-refractivity contribution in [1.82, 2.24) is 19.9 Å². The Labute approximate surface area is 290 Å². The smallest absolute Gasteiger partial charge is 0.160 e. The van der Waals surface area contributed by atoms with E-state index in [1.807, 2.05) is 48.5 Å². The lowest BCUT2D eigenvalue weighted by atomic mass is 9.97. The maximum atomic E-state index is 5.31. The summed E-state index contributed by atoms with van der Waals surface area (Å²) >= 11 is 0. The quantitative estimate of drug-likeness (QED) is 0.170. The van der Waals surface area contributed by atoms with Gasteiger partial charge in [-0.25, -0.2) is 19.9 Å². The fourth-order valence-electron chi connectivity index (χ4n) is 6.53. The molecule has 50 heavy (non-hydrogen) atoms. The Morgan fingerprint density at radius 3 is 1.40 bits per heavy atom. The average Bonchev–Trinajstić information content (AvgIpc) is 3.21. The molecule has 4 nitrogen and oxygen atoms in total. The van der Waals surface area contributed by atoms with Gasteiger partial charge in [-0.1, -0.05) is 164 Å². The van der Waals surface area contributed by atoms with Crippen LogP contribution in [0.25, 0.3) is 89.4 Å². The second-order valence-corrected chi connectivity index (χ2v) is 12.3. The van der Waals surface area contributed by atoms with Gasteiger partial charge in [-0.05, 0) is 40.5 Å². The van der Waals surface area contributed by atoms with E-state index in [-0.39, 0.29) is 0 Å². The van der Waals surface area contributed by atoms with Gasteiger partial charge >= 0.3 is 0 Å². The third-order valence-electron chi connectivity index (χ3n) is 9.10. The molecule has 0 atom stereocenters. The summed E-state index contributed by atoms with van der Waals surface area (Å²) in [4.78, 5) is 20.8. The molecule has 0 saturated heterocycles. The highest BCUT2D eigenvalue weighted by molar-refractivity contribution is 6.09. The summed E-state index contributed by atoms with van der Waals surface area (Å²) in [6, 6.07) is 62.6. The van der Waals surface area contributed by atoms with Crippen molar-refractivity contribution in [2.75, 3.05) is 0 Å². The summed E-state index contributed by atoms with van der Waals surface area (Å²) in [5, 5.41) is 2.08. The lowest BCUT2D eigenvalue weighted by Crippen LogP contribution is -1.98. The van der Waals surface area contributed by atoms with Crippen LogP contribution in [0.4, 0.5) is 0 Å². The van der Waals surface area contributed by atoms with E-state index in [0.29, 0.717) is 5.82 Å². The number of nitrogens with zero attached hydrogens (tertiary/aromatic N) is 4. The van der Waals surface area contributed by atoms with E-state index in [1.165, 1.54) is 5.56 Å². The van der Waals surface area contributed by atoms with E-state index in [4.69, 9.17) is 19.9 Å². The average molecular weight is 639 g/mol. The molecule has 0 aliphatic rings. The molecule has 9 rings (SSSR count). The molecular weight excluding hydrogens is 609 g/mol. The van der Waals surface area contributed by atoms with Crippen molar-refractivity contribution in [1.29, 1.82) is 0 Å². The molecule has 0 saturated carbocycles. The van der Waals surface area contributed by atoms with Crippen molar-refractivity contribution >= 4 is 21.8 Å². The lowest BCUT2D eigenvalue weighted by molar-refractivity contribution is 1.17. The van der Waals surface area contributed by atoms with Crippen molar-refractivity contribution in [3.05, 3.63) is 182 Å². The molecular formula is C46H30N4. The van der Waals surface area contributed by atoms with Gasteiger partial charge in [-0.15, -0.1) is 0 Å². The fraction of sp³-hybridized carbons (Fsp3) is 0. The summed E-state index contributed by atoms with van der Waals surface area (Å²) in [6.07, 6.45) is 0. The Kier molecular flexibility index (Phi) is 7.45. The minimum Gasteiger partial charge on any atom is -0.245 e. The number of rotatable bonds is 6. The van der Waals surface area contributed by atoms with Crippen molar-refractivity contribution < 1.29 is 0 Å². The van der Waals surface area contributed by atoms with Crippen LogP contribution in [0.2, 0.25) is 0 Å². The van der Waals surface area contributed by atoms with E-state index in [9.17, 15) is 0 Å². The Bertz CT molecular complexity index is 2600. The predicted molar refractivity (Wildman–Crippen MR) is 205 cm³/mol. The van der Waals surface area contributed by atoms with Crippen LogP contribution < -0.4 is 0 Å². The first kappa shape index (κ1) is 29.4. The minimum atomic E-state index is 0.650. The van der Waals surface area contributed by atoms with Crippen LogP contribution in [0.15, 0.2) is 182 Å². The van der Waals surface area contributed by atoms with Crippen molar-refractivity contribution in [3.63, 3.8) is 0 Å². The lowest BCUT2D eigenvalue weighted by Gasteiger charge is -2.13. The van der Waals surface area contributed by atoms with Gasteiger partial charge in [0.1, 0.15) is 0 Å². The molecule has 9 aromatic rings. The van der Waals surface area contributed by atoms with E-state index < -0.39 is 0 Å². The number of benzene rings is 6. The zero-order chi connectivity index (χ0) is 33.3. The van der Waals surface area contributed by atoms with Crippen LogP contribution >= 0.6 is 0 Å². The minimum absolute atomic E-state index is 0.650. The molecule has 0 aliphatic carbocycles. The van der Waals surface area contributed by atoms with E-state index in [0.717, 1.165) is 78.0 Å². The highest BCUT2D eigenvalue weighted by Crippen LogP contribution is 2.36. The highest BCUT2D eigenvalue weighted by Gasteiger charge is 2.16. The summed E-state index contributed by atoms with van der Waals surface area (Å²) < 4.78 is 0. The molecule has 0 spiro atoms. The topological polar surface area (TPSA) is 51.6 Å². The van der Waals surface area contributed by atoms with Gasteiger partial charge in [0.15, 0.2) is 5.82 Å². The highest BCUT2D eigenvalue weighted by atomic mass is 14.9. The first-order chi connectivity index (χ1) is 24.8. The molecule has 6 aromatic carbocycles. The SMILES string of the molecule is c1ccc(-c2ccc(-c3nc(-c4ccccc4)cc(-c4ccc5ccc6c(-c7ccccc7)cc(-c7ccccc7)nc6c5n4)n3)cc2)cc1. The Hall–Kier alpha value is -6.78. The van der Waals surface area contributed by atoms with E-state index in [1.54, 1.807) is 0 Å². The van der Waals surface area contributed by atoms with Crippen LogP contribution in [-0.2, 0) is 0 Å². The summed E-state index contributed by atoms with van der Waals surface area (Å²) in [5.41, 5.74) is 12.6. The van der Waals surface area contributed by atoms with Gasteiger partial charge in [0.25, 0.3) is 0 Å². The Morgan fingerprint density at radius 1 is 0.280 bits per heavy atom. The van der Waals surface area contributed by atoms with E-state index in [2.05, 4.69) is 133 Å². The Morgan fingerprint density at radius 2 is 0.760 bits per heavy atom. The van der Waals surface area contributed by atoms with Crippen LogP contribution in [0, 0.1) is 0 Å². The van der Waals surface area contributed by atoms with Gasteiger partial charge in [0.05, 0.1) is 33.8 Å². The number of hydrogen-bond acceptors (Lipinski definition) is 4. The molecule has 0 aliphatic heterocycles. The maximum absolute atomic E-state index is 5.31. The molecule has 3 heterocycles. The van der Waals surface area contributed by atoms with Crippen LogP contribution in [0.3, 0.4) is 0 Å². The molecule has 0 unspecified atom stereocenters. The van der Waals surface area contributed by atoms with Gasteiger partial charge in [-0.2, -0.15) is 0 Å². The van der Waals surface area contributed by atoms with Crippen molar-refractivity contribution in [3.8, 4) is 67.5 Å². The van der Waals surface area contributed by atoms with Crippen LogP contribution in [-0.4, -0.2) is 19.9 Å². The van der Waals surface area contributed by atoms with Gasteiger partial charge in [0, 0.05) is 27.5 Å². The van der Waals surface area contributed by atoms with Crippen LogP contribution in [0.1, 0.15) is 0 Å². The molecule has 0 bridgehead atoms. The van der Waals surface area contributed by atoms with Gasteiger partial charge < -0.3 is 0 Å². The van der Waals surface area contributed by atoms with Gasteiger partial charge in [0.2, 0.25) is 0 Å². The second-order valence-electron chi connectivity index (χ2n) is 12.3.